The zero-order valence-corrected chi connectivity index (χ0v) is 13.8. The predicted molar refractivity (Wildman–Crippen MR) is 83.5 cm³/mol. The molecule has 0 radical (unpaired) electrons. The quantitative estimate of drug-likeness (QED) is 0.893. The molecule has 1 aromatic carbocycles. The van der Waals surface area contributed by atoms with Crippen molar-refractivity contribution < 1.29 is 24.1 Å². The van der Waals surface area contributed by atoms with Gasteiger partial charge in [0.1, 0.15) is 11.2 Å². The van der Waals surface area contributed by atoms with Gasteiger partial charge < -0.3 is 19.3 Å². The number of aliphatic carboxylic acids is 1. The second-order valence-electron chi connectivity index (χ2n) is 5.45. The number of carbonyl (C=O) groups is 1. The number of hydrogen-bond donors (Lipinski definition) is 1. The first-order chi connectivity index (χ1) is 10.5. The lowest BCUT2D eigenvalue weighted by Crippen LogP contribution is -2.38. The van der Waals surface area contributed by atoms with Crippen molar-refractivity contribution in [3.63, 3.8) is 0 Å². The van der Waals surface area contributed by atoms with Crippen LogP contribution in [0.2, 0.25) is 5.02 Å². The second-order valence-corrected chi connectivity index (χ2v) is 5.86. The fourth-order valence-corrected chi connectivity index (χ4v) is 3.58. The molecule has 122 valence electrons. The van der Waals surface area contributed by atoms with Gasteiger partial charge in [-0.1, -0.05) is 30.9 Å². The Morgan fingerprint density at radius 1 is 1.09 bits per heavy atom. The number of benzene rings is 1. The van der Waals surface area contributed by atoms with Crippen LogP contribution in [-0.2, 0) is 10.2 Å². The summed E-state index contributed by atoms with van der Waals surface area (Å²) < 4.78 is 16.2. The maximum atomic E-state index is 12.1. The third-order valence-electron chi connectivity index (χ3n) is 4.38. The number of methoxy groups -OCH3 is 3. The zero-order chi connectivity index (χ0) is 16.3. The van der Waals surface area contributed by atoms with Gasteiger partial charge in [-0.2, -0.15) is 0 Å². The van der Waals surface area contributed by atoms with Gasteiger partial charge in [0.2, 0.25) is 0 Å². The Kier molecular flexibility index (Phi) is 5.06. The van der Waals surface area contributed by atoms with E-state index in [0.717, 1.165) is 19.3 Å². The summed E-state index contributed by atoms with van der Waals surface area (Å²) in [5.74, 6) is 0.263. The molecule has 0 heterocycles. The molecule has 1 aromatic rings. The topological polar surface area (TPSA) is 65.0 Å². The minimum Gasteiger partial charge on any atom is -0.495 e. The molecule has 22 heavy (non-hydrogen) atoms. The minimum absolute atomic E-state index is 0.321. The maximum Gasteiger partial charge on any atom is 0.314 e. The van der Waals surface area contributed by atoms with Crippen LogP contribution in [0.5, 0.6) is 17.2 Å². The number of carboxylic acids is 1. The number of hydrogen-bond acceptors (Lipinski definition) is 4. The molecule has 1 fully saturated rings. The summed E-state index contributed by atoms with van der Waals surface area (Å²) in [4.78, 5) is 12.1. The van der Waals surface area contributed by atoms with Crippen molar-refractivity contribution >= 4 is 17.6 Å². The highest BCUT2D eigenvalue weighted by Crippen LogP contribution is 2.53. The highest BCUT2D eigenvalue weighted by Gasteiger charge is 2.47. The highest BCUT2D eigenvalue weighted by atomic mass is 35.5. The molecule has 0 bridgehead atoms. The van der Waals surface area contributed by atoms with Crippen molar-refractivity contribution in [1.29, 1.82) is 0 Å². The van der Waals surface area contributed by atoms with E-state index in [2.05, 4.69) is 0 Å². The number of carboxylic acid groups (broad SMARTS) is 1. The first-order valence-electron chi connectivity index (χ1n) is 7.24. The van der Waals surface area contributed by atoms with Crippen LogP contribution in [0.1, 0.15) is 37.7 Å². The highest BCUT2D eigenvalue weighted by molar-refractivity contribution is 6.32. The van der Waals surface area contributed by atoms with Gasteiger partial charge in [0.25, 0.3) is 0 Å². The standard InChI is InChI=1S/C16H21ClO5/c1-20-11-9-10(17)13(21-2)12(14(11)22-3)16(15(18)19)7-5-4-6-8-16/h9H,4-8H2,1-3H3,(H,18,19). The molecule has 1 saturated carbocycles. The Balaban J connectivity index is 2.79. The molecule has 5 nitrogen and oxygen atoms in total. The fraction of sp³-hybridized carbons (Fsp3) is 0.562. The normalized spacial score (nSPS) is 16.9. The molecule has 0 aliphatic heterocycles. The van der Waals surface area contributed by atoms with Crippen molar-refractivity contribution in [2.24, 2.45) is 0 Å². The Bertz CT molecular complexity index is 564. The molecule has 0 unspecified atom stereocenters. The SMILES string of the molecule is COc1cc(Cl)c(OC)c(C2(C(=O)O)CCCCC2)c1OC. The van der Waals surface area contributed by atoms with Gasteiger partial charge in [-0.25, -0.2) is 0 Å². The van der Waals surface area contributed by atoms with E-state index in [1.165, 1.54) is 21.3 Å². The molecule has 0 amide bonds. The van der Waals surface area contributed by atoms with Gasteiger partial charge in [0.05, 0.1) is 31.9 Å². The summed E-state index contributed by atoms with van der Waals surface area (Å²) in [6.07, 6.45) is 3.76. The summed E-state index contributed by atoms with van der Waals surface area (Å²) in [6.45, 7) is 0. The van der Waals surface area contributed by atoms with Crippen molar-refractivity contribution in [3.8, 4) is 17.2 Å². The van der Waals surface area contributed by atoms with Gasteiger partial charge in [-0.15, -0.1) is 0 Å². The van der Waals surface area contributed by atoms with Crippen LogP contribution in [-0.4, -0.2) is 32.4 Å². The minimum atomic E-state index is -1.06. The predicted octanol–water partition coefficient (Wildman–Crippen LogP) is 3.65. The van der Waals surface area contributed by atoms with Crippen molar-refractivity contribution in [3.05, 3.63) is 16.7 Å². The van der Waals surface area contributed by atoms with Crippen molar-refractivity contribution in [2.45, 2.75) is 37.5 Å². The monoisotopic (exact) mass is 328 g/mol. The van der Waals surface area contributed by atoms with Crippen LogP contribution in [0.25, 0.3) is 0 Å². The van der Waals surface area contributed by atoms with Crippen LogP contribution in [0, 0.1) is 0 Å². The lowest BCUT2D eigenvalue weighted by atomic mass is 9.68. The smallest absolute Gasteiger partial charge is 0.314 e. The molecule has 0 saturated heterocycles. The number of halogens is 1. The lowest BCUT2D eigenvalue weighted by molar-refractivity contribution is -0.145. The molecule has 0 aromatic heterocycles. The third-order valence-corrected chi connectivity index (χ3v) is 4.66. The van der Waals surface area contributed by atoms with Crippen molar-refractivity contribution in [2.75, 3.05) is 21.3 Å². The van der Waals surface area contributed by atoms with Crippen LogP contribution in [0.15, 0.2) is 6.07 Å². The lowest BCUT2D eigenvalue weighted by Gasteiger charge is -2.36. The molecule has 1 aliphatic rings. The Hall–Kier alpha value is -1.62. The van der Waals surface area contributed by atoms with E-state index in [-0.39, 0.29) is 0 Å². The summed E-state index contributed by atoms with van der Waals surface area (Å²) in [5, 5.41) is 10.3. The van der Waals surface area contributed by atoms with Gasteiger partial charge in [-0.05, 0) is 12.8 Å². The Labute approximate surface area is 135 Å². The van der Waals surface area contributed by atoms with Crippen LogP contribution in [0.3, 0.4) is 0 Å². The first kappa shape index (κ1) is 16.7. The van der Waals surface area contributed by atoms with E-state index in [4.69, 9.17) is 25.8 Å². The molecule has 0 spiro atoms. The largest absolute Gasteiger partial charge is 0.495 e. The molecular weight excluding hydrogens is 308 g/mol. The molecule has 0 atom stereocenters. The zero-order valence-electron chi connectivity index (χ0n) is 13.1. The first-order valence-corrected chi connectivity index (χ1v) is 7.62. The summed E-state index contributed by atoms with van der Waals surface area (Å²) >= 11 is 6.27. The number of ether oxygens (including phenoxy) is 3. The van der Waals surface area contributed by atoms with E-state index < -0.39 is 11.4 Å². The van der Waals surface area contributed by atoms with E-state index in [1.54, 1.807) is 6.07 Å². The third kappa shape index (κ3) is 2.58. The van der Waals surface area contributed by atoms with Crippen molar-refractivity contribution in [1.82, 2.24) is 0 Å². The Morgan fingerprint density at radius 3 is 2.14 bits per heavy atom. The summed E-state index contributed by atoms with van der Waals surface area (Å²) in [5.41, 5.74) is -0.582. The molecule has 1 aliphatic carbocycles. The van der Waals surface area contributed by atoms with E-state index in [9.17, 15) is 9.90 Å². The second kappa shape index (κ2) is 6.65. The van der Waals surface area contributed by atoms with E-state index in [0.29, 0.717) is 40.7 Å². The Morgan fingerprint density at radius 2 is 1.68 bits per heavy atom. The number of rotatable bonds is 5. The van der Waals surface area contributed by atoms with Gasteiger partial charge in [0.15, 0.2) is 11.5 Å². The van der Waals surface area contributed by atoms with Crippen LogP contribution >= 0.6 is 11.6 Å². The average Bonchev–Trinajstić information content (AvgIpc) is 2.54. The molecular formula is C16H21ClO5. The van der Waals surface area contributed by atoms with E-state index >= 15 is 0 Å². The van der Waals surface area contributed by atoms with Crippen LogP contribution in [0.4, 0.5) is 0 Å². The van der Waals surface area contributed by atoms with Gasteiger partial charge >= 0.3 is 5.97 Å². The maximum absolute atomic E-state index is 12.1. The summed E-state index contributed by atoms with van der Waals surface area (Å²) in [7, 11) is 4.47. The van der Waals surface area contributed by atoms with Crippen LogP contribution < -0.4 is 14.2 Å². The summed E-state index contributed by atoms with van der Waals surface area (Å²) in [6, 6.07) is 1.58. The fourth-order valence-electron chi connectivity index (χ4n) is 3.31. The molecule has 6 heteroatoms. The average molecular weight is 329 g/mol. The van der Waals surface area contributed by atoms with E-state index in [1.807, 2.05) is 0 Å². The van der Waals surface area contributed by atoms with Gasteiger partial charge in [-0.3, -0.25) is 4.79 Å². The molecule has 2 rings (SSSR count). The molecule has 1 N–H and O–H groups in total. The van der Waals surface area contributed by atoms with Gasteiger partial charge in [0, 0.05) is 6.07 Å².